The Morgan fingerprint density at radius 1 is 1.41 bits per heavy atom. The first kappa shape index (κ1) is 12.8. The molecule has 0 amide bonds. The van der Waals surface area contributed by atoms with Gasteiger partial charge in [-0.2, -0.15) is 13.2 Å². The fourth-order valence-corrected chi connectivity index (χ4v) is 2.85. The third-order valence-electron chi connectivity index (χ3n) is 3.03. The summed E-state index contributed by atoms with van der Waals surface area (Å²) in [5.74, 6) is 0.500. The highest BCUT2D eigenvalue weighted by molar-refractivity contribution is 7.97. The van der Waals surface area contributed by atoms with E-state index >= 15 is 0 Å². The number of hydrogen-bond acceptors (Lipinski definition) is 2. The summed E-state index contributed by atoms with van der Waals surface area (Å²) in [5.41, 5.74) is 0.445. The van der Waals surface area contributed by atoms with Crippen molar-refractivity contribution in [1.82, 2.24) is 4.72 Å². The van der Waals surface area contributed by atoms with Crippen LogP contribution in [0.5, 0.6) is 0 Å². The lowest BCUT2D eigenvalue weighted by Gasteiger charge is -2.12. The van der Waals surface area contributed by atoms with Gasteiger partial charge in [0.15, 0.2) is 0 Å². The molecule has 2 rings (SSSR count). The molecule has 17 heavy (non-hydrogen) atoms. The van der Waals surface area contributed by atoms with Gasteiger partial charge in [0.2, 0.25) is 0 Å². The van der Waals surface area contributed by atoms with Gasteiger partial charge >= 0.3 is 6.18 Å². The Kier molecular flexibility index (Phi) is 3.68. The van der Waals surface area contributed by atoms with Crippen LogP contribution in [0.25, 0.3) is 0 Å². The van der Waals surface area contributed by atoms with Gasteiger partial charge in [-0.25, -0.2) is 0 Å². The summed E-state index contributed by atoms with van der Waals surface area (Å²) in [6.07, 6.45) is -2.37. The topological polar surface area (TPSA) is 12.0 Å². The summed E-state index contributed by atoms with van der Waals surface area (Å²) in [6.45, 7) is 2.95. The number of benzene rings is 1. The van der Waals surface area contributed by atoms with E-state index in [-0.39, 0.29) is 0 Å². The monoisotopic (exact) mass is 261 g/mol. The normalized spacial score (nSPS) is 20.8. The van der Waals surface area contributed by atoms with Crippen LogP contribution in [0.2, 0.25) is 0 Å². The van der Waals surface area contributed by atoms with Gasteiger partial charge in [0.25, 0.3) is 0 Å². The zero-order valence-corrected chi connectivity index (χ0v) is 10.3. The Hall–Kier alpha value is -0.680. The molecule has 0 saturated heterocycles. The molecule has 1 heterocycles. The van der Waals surface area contributed by atoms with E-state index in [1.54, 1.807) is 6.07 Å². The molecule has 1 aromatic rings. The maximum absolute atomic E-state index is 12.6. The average molecular weight is 261 g/mol. The first-order valence-electron chi connectivity index (χ1n) is 5.60. The van der Waals surface area contributed by atoms with Gasteiger partial charge in [0.1, 0.15) is 0 Å². The maximum Gasteiger partial charge on any atom is 0.416 e. The molecule has 1 aliphatic rings. The summed E-state index contributed by atoms with van der Waals surface area (Å²) in [4.78, 5) is 0.704. The molecule has 0 fully saturated rings. The molecule has 1 nitrogen and oxygen atoms in total. The third-order valence-corrected chi connectivity index (χ3v) is 3.95. The van der Waals surface area contributed by atoms with Crippen molar-refractivity contribution in [3.63, 3.8) is 0 Å². The fraction of sp³-hybridized carbons (Fsp3) is 0.500. The summed E-state index contributed by atoms with van der Waals surface area (Å²) < 4.78 is 40.9. The minimum Gasteiger partial charge on any atom is -0.260 e. The van der Waals surface area contributed by atoms with Crippen LogP contribution in [-0.2, 0) is 12.6 Å². The molecular formula is C12H14F3NS. The van der Waals surface area contributed by atoms with Crippen molar-refractivity contribution in [2.45, 2.75) is 30.8 Å². The Labute approximate surface area is 103 Å². The lowest BCUT2D eigenvalue weighted by Crippen LogP contribution is -2.15. The van der Waals surface area contributed by atoms with Crippen molar-refractivity contribution in [1.29, 1.82) is 0 Å². The molecule has 1 N–H and O–H groups in total. The minimum absolute atomic E-state index is 0.500. The molecule has 0 bridgehead atoms. The Bertz CT molecular complexity index is 403. The van der Waals surface area contributed by atoms with Crippen molar-refractivity contribution in [3.05, 3.63) is 29.3 Å². The first-order chi connectivity index (χ1) is 8.00. The molecule has 5 heteroatoms. The molecule has 94 valence electrons. The van der Waals surface area contributed by atoms with Crippen LogP contribution in [-0.4, -0.2) is 6.54 Å². The second-order valence-electron chi connectivity index (χ2n) is 4.25. The van der Waals surface area contributed by atoms with Gasteiger partial charge in [0, 0.05) is 11.4 Å². The SMILES string of the molecule is CC[C@H]1CNSc2cc(C(F)(F)F)ccc2C1. The lowest BCUT2D eigenvalue weighted by atomic mass is 9.96. The van der Waals surface area contributed by atoms with E-state index < -0.39 is 11.7 Å². The highest BCUT2D eigenvalue weighted by Crippen LogP contribution is 2.35. The molecule has 0 aromatic heterocycles. The van der Waals surface area contributed by atoms with Crippen LogP contribution < -0.4 is 4.72 Å². The van der Waals surface area contributed by atoms with Crippen LogP contribution in [0, 0.1) is 5.92 Å². The quantitative estimate of drug-likeness (QED) is 0.770. The molecule has 0 unspecified atom stereocenters. The summed E-state index contributed by atoms with van der Waals surface area (Å²) in [6, 6.07) is 4.03. The second-order valence-corrected chi connectivity index (χ2v) is 5.18. The lowest BCUT2D eigenvalue weighted by molar-refractivity contribution is -0.137. The Morgan fingerprint density at radius 2 is 2.18 bits per heavy atom. The van der Waals surface area contributed by atoms with Crippen LogP contribution >= 0.6 is 11.9 Å². The molecule has 1 atom stereocenters. The van der Waals surface area contributed by atoms with Crippen molar-refractivity contribution < 1.29 is 13.2 Å². The first-order valence-corrected chi connectivity index (χ1v) is 6.42. The Balaban J connectivity index is 2.31. The number of alkyl halides is 3. The molecule has 1 aromatic carbocycles. The number of fused-ring (bicyclic) bond motifs is 1. The van der Waals surface area contributed by atoms with Gasteiger partial charge < -0.3 is 0 Å². The number of nitrogens with one attached hydrogen (secondary N) is 1. The van der Waals surface area contributed by atoms with E-state index in [4.69, 9.17) is 0 Å². The standard InChI is InChI=1S/C12H14F3NS/c1-2-8-5-9-3-4-10(12(13,14)15)6-11(9)17-16-7-8/h3-4,6,8,16H,2,5,7H2,1H3/t8-/m1/s1. The zero-order valence-electron chi connectivity index (χ0n) is 9.47. The largest absolute Gasteiger partial charge is 0.416 e. The number of hydrogen-bond donors (Lipinski definition) is 1. The molecular weight excluding hydrogens is 247 g/mol. The Morgan fingerprint density at radius 3 is 2.82 bits per heavy atom. The second kappa shape index (κ2) is 4.90. The third kappa shape index (κ3) is 2.96. The van der Waals surface area contributed by atoms with E-state index in [0.29, 0.717) is 10.8 Å². The average Bonchev–Trinajstić information content (AvgIpc) is 2.48. The van der Waals surface area contributed by atoms with Crippen molar-refractivity contribution >= 4 is 11.9 Å². The maximum atomic E-state index is 12.6. The van der Waals surface area contributed by atoms with Crippen molar-refractivity contribution in [2.75, 3.05) is 6.54 Å². The van der Waals surface area contributed by atoms with Gasteiger partial charge in [0.05, 0.1) is 5.56 Å². The molecule has 0 saturated carbocycles. The van der Waals surface area contributed by atoms with E-state index in [0.717, 1.165) is 24.9 Å². The summed E-state index contributed by atoms with van der Waals surface area (Å²) in [7, 11) is 0. The predicted molar refractivity (Wildman–Crippen MR) is 62.8 cm³/mol. The van der Waals surface area contributed by atoms with Gasteiger partial charge in [-0.1, -0.05) is 19.4 Å². The van der Waals surface area contributed by atoms with Crippen LogP contribution in [0.1, 0.15) is 24.5 Å². The van der Waals surface area contributed by atoms with Gasteiger partial charge in [-0.05, 0) is 42.0 Å². The predicted octanol–water partition coefficient (Wildman–Crippen LogP) is 3.88. The van der Waals surface area contributed by atoms with E-state index in [1.807, 2.05) is 0 Å². The van der Waals surface area contributed by atoms with Gasteiger partial charge in [-0.15, -0.1) is 0 Å². The van der Waals surface area contributed by atoms with Gasteiger partial charge in [-0.3, -0.25) is 4.72 Å². The zero-order chi connectivity index (χ0) is 12.5. The molecule has 0 spiro atoms. The van der Waals surface area contributed by atoms with Crippen LogP contribution in [0.4, 0.5) is 13.2 Å². The van der Waals surface area contributed by atoms with E-state index in [9.17, 15) is 13.2 Å². The fourth-order valence-electron chi connectivity index (χ4n) is 1.90. The van der Waals surface area contributed by atoms with Crippen molar-refractivity contribution in [3.8, 4) is 0 Å². The minimum atomic E-state index is -4.26. The molecule has 0 aliphatic carbocycles. The molecule has 0 radical (unpaired) electrons. The highest BCUT2D eigenvalue weighted by atomic mass is 32.2. The number of halogens is 3. The van der Waals surface area contributed by atoms with Crippen molar-refractivity contribution in [2.24, 2.45) is 5.92 Å². The van der Waals surface area contributed by atoms with E-state index in [1.165, 1.54) is 24.1 Å². The summed E-state index contributed by atoms with van der Waals surface area (Å²) >= 11 is 1.31. The number of rotatable bonds is 1. The van der Waals surface area contributed by atoms with Crippen LogP contribution in [0.3, 0.4) is 0 Å². The van der Waals surface area contributed by atoms with Crippen LogP contribution in [0.15, 0.2) is 23.1 Å². The highest BCUT2D eigenvalue weighted by Gasteiger charge is 2.31. The molecule has 1 aliphatic heterocycles. The smallest absolute Gasteiger partial charge is 0.260 e. The summed E-state index contributed by atoms with van der Waals surface area (Å²) in [5, 5.41) is 0. The van der Waals surface area contributed by atoms with E-state index in [2.05, 4.69) is 11.6 Å².